The zero-order valence-corrected chi connectivity index (χ0v) is 25.1. The highest BCUT2D eigenvalue weighted by Crippen LogP contribution is 2.29. The van der Waals surface area contributed by atoms with Crippen LogP contribution in [0.4, 0.5) is 4.39 Å². The highest BCUT2D eigenvalue weighted by Gasteiger charge is 2.12. The molecule has 4 aromatic carbocycles. The monoisotopic (exact) mass is 629 g/mol. The molecule has 7 rings (SSSR count). The van der Waals surface area contributed by atoms with Crippen LogP contribution < -0.4 is 20.3 Å². The standard InChI is InChI=1S/C37H28FN3O6/c38-26-13-16-29-31(42)21-34(46-36(29)20-26)25-11-14-28(15-12-25)44-18-5-8-27-23-41(40-39-27)17-19-45-33-10-4-9-30-32(43)22-35(47-37(30)33)24-6-2-1-3-7-24/h1-4,6-7,9-16,20-23H,5,8,17-19H2. The molecule has 3 heterocycles. The van der Waals surface area contributed by atoms with Crippen molar-refractivity contribution in [3.8, 4) is 34.1 Å². The summed E-state index contributed by atoms with van der Waals surface area (Å²) in [4.78, 5) is 25.2. The van der Waals surface area contributed by atoms with Crippen molar-refractivity contribution >= 4 is 21.9 Å². The molecule has 0 amide bonds. The molecule has 10 heteroatoms. The van der Waals surface area contributed by atoms with Crippen molar-refractivity contribution in [1.82, 2.24) is 15.0 Å². The van der Waals surface area contributed by atoms with E-state index in [0.29, 0.717) is 71.1 Å². The fraction of sp³-hybridized carbons (Fsp3) is 0.135. The van der Waals surface area contributed by atoms with Crippen LogP contribution in [0, 0.1) is 5.82 Å². The molecular formula is C37H28FN3O6. The van der Waals surface area contributed by atoms with Crippen molar-refractivity contribution in [2.24, 2.45) is 0 Å². The number of hydrogen-bond donors (Lipinski definition) is 0. The fourth-order valence-corrected chi connectivity index (χ4v) is 5.25. The Kier molecular flexibility index (Phi) is 8.29. The maximum absolute atomic E-state index is 13.6. The first kappa shape index (κ1) is 29.7. The summed E-state index contributed by atoms with van der Waals surface area (Å²) in [6.07, 6.45) is 3.27. The van der Waals surface area contributed by atoms with Crippen LogP contribution in [0.2, 0.25) is 0 Å². The third-order valence-corrected chi connectivity index (χ3v) is 7.62. The summed E-state index contributed by atoms with van der Waals surface area (Å²) in [7, 11) is 0. The Labute approximate surface area is 267 Å². The van der Waals surface area contributed by atoms with Gasteiger partial charge in [0.25, 0.3) is 0 Å². The van der Waals surface area contributed by atoms with Crippen LogP contribution in [0.15, 0.2) is 128 Å². The van der Waals surface area contributed by atoms with Gasteiger partial charge in [-0.3, -0.25) is 9.59 Å². The number of hydrogen-bond acceptors (Lipinski definition) is 8. The molecule has 0 fully saturated rings. The lowest BCUT2D eigenvalue weighted by Gasteiger charge is -2.09. The molecule has 0 aliphatic heterocycles. The summed E-state index contributed by atoms with van der Waals surface area (Å²) >= 11 is 0. The smallest absolute Gasteiger partial charge is 0.193 e. The molecule has 0 bridgehead atoms. The lowest BCUT2D eigenvalue weighted by atomic mass is 10.1. The highest BCUT2D eigenvalue weighted by atomic mass is 19.1. The average molecular weight is 630 g/mol. The van der Waals surface area contributed by atoms with E-state index < -0.39 is 5.82 Å². The van der Waals surface area contributed by atoms with E-state index in [0.717, 1.165) is 17.7 Å². The Bertz CT molecular complexity index is 2300. The Morgan fingerprint density at radius 2 is 1.49 bits per heavy atom. The summed E-state index contributed by atoms with van der Waals surface area (Å²) in [5.74, 6) is 1.53. The van der Waals surface area contributed by atoms with Gasteiger partial charge < -0.3 is 18.3 Å². The van der Waals surface area contributed by atoms with Gasteiger partial charge in [-0.2, -0.15) is 0 Å². The SMILES string of the molecule is O=c1cc(-c2ccc(OCCCc3cn(CCOc4cccc5c(=O)cc(-c6ccccc6)oc45)nn3)cc2)oc2cc(F)ccc12. The molecule has 0 aliphatic carbocycles. The topological polar surface area (TPSA) is 110 Å². The van der Waals surface area contributed by atoms with Gasteiger partial charge >= 0.3 is 0 Å². The molecule has 9 nitrogen and oxygen atoms in total. The molecule has 0 aliphatic rings. The van der Waals surface area contributed by atoms with Gasteiger partial charge in [0, 0.05) is 35.5 Å². The second-order valence-electron chi connectivity index (χ2n) is 10.9. The quantitative estimate of drug-likeness (QED) is 0.140. The predicted molar refractivity (Wildman–Crippen MR) is 175 cm³/mol. The molecule has 0 spiro atoms. The zero-order valence-electron chi connectivity index (χ0n) is 25.1. The number of nitrogens with zero attached hydrogens (tertiary/aromatic N) is 3. The van der Waals surface area contributed by atoms with Gasteiger partial charge in [-0.15, -0.1) is 5.10 Å². The van der Waals surface area contributed by atoms with E-state index in [4.69, 9.17) is 18.3 Å². The molecule has 0 atom stereocenters. The minimum atomic E-state index is -0.467. The van der Waals surface area contributed by atoms with Crippen molar-refractivity contribution in [1.29, 1.82) is 0 Å². The molecule has 0 N–H and O–H groups in total. The first-order valence-electron chi connectivity index (χ1n) is 15.1. The maximum Gasteiger partial charge on any atom is 0.193 e. The van der Waals surface area contributed by atoms with E-state index >= 15 is 0 Å². The van der Waals surface area contributed by atoms with Crippen LogP contribution in [0.25, 0.3) is 44.6 Å². The van der Waals surface area contributed by atoms with E-state index in [9.17, 15) is 14.0 Å². The Balaban J connectivity index is 0.905. The molecule has 3 aromatic heterocycles. The van der Waals surface area contributed by atoms with Crippen molar-refractivity contribution < 1.29 is 22.7 Å². The largest absolute Gasteiger partial charge is 0.494 e. The first-order chi connectivity index (χ1) is 23.0. The van der Waals surface area contributed by atoms with Gasteiger partial charge in [0.2, 0.25) is 0 Å². The molecule has 0 saturated carbocycles. The third kappa shape index (κ3) is 6.67. The van der Waals surface area contributed by atoms with Crippen LogP contribution in [-0.2, 0) is 13.0 Å². The van der Waals surface area contributed by atoms with E-state index in [1.54, 1.807) is 47.1 Å². The molecule has 0 radical (unpaired) electrons. The molecule has 234 valence electrons. The minimum Gasteiger partial charge on any atom is -0.494 e. The number of ether oxygens (including phenoxy) is 2. The maximum atomic E-state index is 13.6. The number of fused-ring (bicyclic) bond motifs is 2. The lowest BCUT2D eigenvalue weighted by Crippen LogP contribution is -2.09. The van der Waals surface area contributed by atoms with Crippen LogP contribution in [0.1, 0.15) is 12.1 Å². The fourth-order valence-electron chi connectivity index (χ4n) is 5.25. The van der Waals surface area contributed by atoms with Crippen molar-refractivity contribution in [2.45, 2.75) is 19.4 Å². The van der Waals surface area contributed by atoms with Gasteiger partial charge in [0.15, 0.2) is 22.2 Å². The number of rotatable bonds is 11. The average Bonchev–Trinajstić information content (AvgIpc) is 3.55. The molecule has 7 aromatic rings. The van der Waals surface area contributed by atoms with Gasteiger partial charge in [-0.05, 0) is 61.4 Å². The summed E-state index contributed by atoms with van der Waals surface area (Å²) in [5, 5.41) is 9.25. The van der Waals surface area contributed by atoms with Crippen LogP contribution >= 0.6 is 0 Å². The normalized spacial score (nSPS) is 11.3. The number of benzene rings is 4. The first-order valence-corrected chi connectivity index (χ1v) is 15.1. The lowest BCUT2D eigenvalue weighted by molar-refractivity contribution is 0.289. The second-order valence-corrected chi connectivity index (χ2v) is 10.9. The second kappa shape index (κ2) is 13.1. The van der Waals surface area contributed by atoms with Crippen molar-refractivity contribution in [3.63, 3.8) is 0 Å². The summed E-state index contributed by atoms with van der Waals surface area (Å²) in [6, 6.07) is 28.7. The summed E-state index contributed by atoms with van der Waals surface area (Å²) in [6.45, 7) is 1.23. The van der Waals surface area contributed by atoms with Gasteiger partial charge in [0.1, 0.15) is 35.3 Å². The molecule has 47 heavy (non-hydrogen) atoms. The molecular weight excluding hydrogens is 601 g/mol. The highest BCUT2D eigenvalue weighted by molar-refractivity contribution is 5.84. The number of para-hydroxylation sites is 1. The number of halogens is 1. The van der Waals surface area contributed by atoms with Crippen molar-refractivity contribution in [2.75, 3.05) is 13.2 Å². The van der Waals surface area contributed by atoms with E-state index in [1.165, 1.54) is 30.3 Å². The van der Waals surface area contributed by atoms with Crippen LogP contribution in [0.5, 0.6) is 11.5 Å². The molecule has 0 saturated heterocycles. The van der Waals surface area contributed by atoms with Crippen LogP contribution in [-0.4, -0.2) is 28.2 Å². The Morgan fingerprint density at radius 1 is 0.723 bits per heavy atom. The van der Waals surface area contributed by atoms with Gasteiger partial charge in [-0.25, -0.2) is 9.07 Å². The Hall–Kier alpha value is -6.03. The van der Waals surface area contributed by atoms with Crippen molar-refractivity contribution in [3.05, 3.63) is 141 Å². The third-order valence-electron chi connectivity index (χ3n) is 7.62. The van der Waals surface area contributed by atoms with Gasteiger partial charge in [0.05, 0.1) is 29.6 Å². The predicted octanol–water partition coefficient (Wildman–Crippen LogP) is 7.05. The van der Waals surface area contributed by atoms with E-state index in [2.05, 4.69) is 10.3 Å². The minimum absolute atomic E-state index is 0.132. The van der Waals surface area contributed by atoms with Gasteiger partial charge in [-0.1, -0.05) is 41.6 Å². The Morgan fingerprint density at radius 3 is 2.32 bits per heavy atom. The summed E-state index contributed by atoms with van der Waals surface area (Å²) in [5.41, 5.74) is 2.57. The van der Waals surface area contributed by atoms with Crippen LogP contribution in [0.3, 0.4) is 0 Å². The summed E-state index contributed by atoms with van der Waals surface area (Å²) < 4.78 is 39.1. The number of aromatic nitrogens is 3. The number of aryl methyl sites for hydroxylation is 1. The van der Waals surface area contributed by atoms with E-state index in [1.807, 2.05) is 36.5 Å². The zero-order chi connectivity index (χ0) is 32.2. The van der Waals surface area contributed by atoms with E-state index in [-0.39, 0.29) is 16.4 Å². The molecule has 0 unspecified atom stereocenters.